The van der Waals surface area contributed by atoms with E-state index in [1.807, 2.05) is 0 Å². The van der Waals surface area contributed by atoms with Crippen molar-refractivity contribution in [2.45, 2.75) is 18.9 Å². The number of rotatable bonds is 6. The Hall–Kier alpha value is -1.82. The third-order valence-electron chi connectivity index (χ3n) is 2.37. The van der Waals surface area contributed by atoms with E-state index in [4.69, 9.17) is 20.3 Å². The summed E-state index contributed by atoms with van der Waals surface area (Å²) in [7, 11) is 3.01. The van der Waals surface area contributed by atoms with Gasteiger partial charge in [0.1, 0.15) is 5.75 Å². The van der Waals surface area contributed by atoms with E-state index < -0.39 is 12.0 Å². The van der Waals surface area contributed by atoms with Gasteiger partial charge in [0.05, 0.1) is 20.4 Å². The number of ether oxygens (including phenoxy) is 2. The van der Waals surface area contributed by atoms with Crippen molar-refractivity contribution in [1.82, 2.24) is 4.98 Å². The van der Waals surface area contributed by atoms with Crippen LogP contribution in [0.5, 0.6) is 11.6 Å². The number of carboxylic acids is 1. The van der Waals surface area contributed by atoms with Crippen molar-refractivity contribution in [3.05, 3.63) is 17.8 Å². The molecule has 1 heterocycles. The highest BCUT2D eigenvalue weighted by Crippen LogP contribution is 2.28. The third-order valence-corrected chi connectivity index (χ3v) is 2.37. The Labute approximate surface area is 99.4 Å². The van der Waals surface area contributed by atoms with Crippen LogP contribution in [0.1, 0.15) is 24.4 Å². The number of aliphatic carboxylic acids is 1. The molecule has 0 aromatic carbocycles. The molecule has 17 heavy (non-hydrogen) atoms. The number of nitrogens with two attached hydrogens (primary N) is 1. The predicted octanol–water partition coefficient (Wildman–Crippen LogP) is 0.963. The Morgan fingerprint density at radius 1 is 1.53 bits per heavy atom. The fourth-order valence-corrected chi connectivity index (χ4v) is 1.44. The lowest BCUT2D eigenvalue weighted by atomic mass is 10.0. The van der Waals surface area contributed by atoms with Gasteiger partial charge in [0.2, 0.25) is 5.88 Å². The molecule has 3 N–H and O–H groups in total. The molecule has 0 amide bonds. The highest BCUT2D eigenvalue weighted by Gasteiger charge is 2.15. The fraction of sp³-hybridized carbons (Fsp3) is 0.455. The zero-order chi connectivity index (χ0) is 12.8. The summed E-state index contributed by atoms with van der Waals surface area (Å²) in [6.07, 6.45) is 1.85. The summed E-state index contributed by atoms with van der Waals surface area (Å²) < 4.78 is 10.1. The lowest BCUT2D eigenvalue weighted by molar-refractivity contribution is -0.137. The molecule has 1 rings (SSSR count). The summed E-state index contributed by atoms with van der Waals surface area (Å²) in [4.78, 5) is 14.5. The van der Waals surface area contributed by atoms with Gasteiger partial charge in [-0.1, -0.05) is 0 Å². The SMILES string of the molecule is COc1cc(C(N)CCC(=O)O)c(OC)cn1. The molecule has 0 aliphatic rings. The minimum Gasteiger partial charge on any atom is -0.495 e. The van der Waals surface area contributed by atoms with Crippen molar-refractivity contribution < 1.29 is 19.4 Å². The van der Waals surface area contributed by atoms with Crippen LogP contribution in [0.4, 0.5) is 0 Å². The number of methoxy groups -OCH3 is 2. The largest absolute Gasteiger partial charge is 0.495 e. The van der Waals surface area contributed by atoms with E-state index in [0.717, 1.165) is 0 Å². The van der Waals surface area contributed by atoms with E-state index in [1.54, 1.807) is 6.07 Å². The normalized spacial score (nSPS) is 11.9. The summed E-state index contributed by atoms with van der Waals surface area (Å²) in [6.45, 7) is 0. The number of hydrogen-bond acceptors (Lipinski definition) is 5. The van der Waals surface area contributed by atoms with Crippen LogP contribution in [-0.2, 0) is 4.79 Å². The first kappa shape index (κ1) is 13.2. The number of pyridine rings is 1. The number of carboxylic acid groups (broad SMARTS) is 1. The zero-order valence-corrected chi connectivity index (χ0v) is 9.84. The van der Waals surface area contributed by atoms with Gasteiger partial charge in [0, 0.05) is 24.1 Å². The molecule has 6 heteroatoms. The summed E-state index contributed by atoms with van der Waals surface area (Å²) in [5, 5.41) is 8.61. The second-order valence-corrected chi connectivity index (χ2v) is 3.51. The maximum Gasteiger partial charge on any atom is 0.303 e. The third kappa shape index (κ3) is 3.60. The van der Waals surface area contributed by atoms with Gasteiger partial charge in [-0.15, -0.1) is 0 Å². The van der Waals surface area contributed by atoms with Crippen molar-refractivity contribution in [2.24, 2.45) is 5.73 Å². The van der Waals surface area contributed by atoms with Gasteiger partial charge < -0.3 is 20.3 Å². The highest BCUT2D eigenvalue weighted by molar-refractivity contribution is 5.66. The van der Waals surface area contributed by atoms with Gasteiger partial charge >= 0.3 is 5.97 Å². The summed E-state index contributed by atoms with van der Waals surface area (Å²) in [6, 6.07) is 1.24. The quantitative estimate of drug-likeness (QED) is 0.769. The number of aromatic nitrogens is 1. The van der Waals surface area contributed by atoms with Crippen LogP contribution >= 0.6 is 0 Å². The fourth-order valence-electron chi connectivity index (χ4n) is 1.44. The van der Waals surface area contributed by atoms with Crippen molar-refractivity contribution >= 4 is 5.97 Å². The molecule has 1 atom stereocenters. The average Bonchev–Trinajstić information content (AvgIpc) is 2.34. The van der Waals surface area contributed by atoms with Crippen molar-refractivity contribution in [2.75, 3.05) is 14.2 Å². The van der Waals surface area contributed by atoms with Crippen LogP contribution in [0.2, 0.25) is 0 Å². The average molecular weight is 240 g/mol. The molecule has 0 aliphatic carbocycles. The molecule has 0 saturated heterocycles. The van der Waals surface area contributed by atoms with E-state index in [-0.39, 0.29) is 6.42 Å². The highest BCUT2D eigenvalue weighted by atomic mass is 16.5. The second-order valence-electron chi connectivity index (χ2n) is 3.51. The lowest BCUT2D eigenvalue weighted by Gasteiger charge is -2.15. The molecule has 0 spiro atoms. The molecule has 1 aromatic rings. The van der Waals surface area contributed by atoms with E-state index in [2.05, 4.69) is 4.98 Å². The Balaban J connectivity index is 2.88. The minimum absolute atomic E-state index is 0.00889. The monoisotopic (exact) mass is 240 g/mol. The van der Waals surface area contributed by atoms with Crippen LogP contribution in [0.25, 0.3) is 0 Å². The zero-order valence-electron chi connectivity index (χ0n) is 9.84. The Kier molecular flexibility index (Phi) is 4.71. The minimum atomic E-state index is -0.875. The first-order chi connectivity index (χ1) is 8.08. The molecular formula is C11H16N2O4. The summed E-state index contributed by atoms with van der Waals surface area (Å²) in [5.74, 6) is 0.0794. The van der Waals surface area contributed by atoms with Crippen molar-refractivity contribution in [3.63, 3.8) is 0 Å². The molecule has 0 aliphatic heterocycles. The van der Waals surface area contributed by atoms with E-state index in [0.29, 0.717) is 23.6 Å². The summed E-state index contributed by atoms with van der Waals surface area (Å²) >= 11 is 0. The summed E-state index contributed by atoms with van der Waals surface area (Å²) in [5.41, 5.74) is 6.61. The van der Waals surface area contributed by atoms with Gasteiger partial charge in [0.15, 0.2) is 0 Å². The first-order valence-electron chi connectivity index (χ1n) is 5.13. The lowest BCUT2D eigenvalue weighted by Crippen LogP contribution is -2.14. The Morgan fingerprint density at radius 2 is 2.24 bits per heavy atom. The Morgan fingerprint density at radius 3 is 2.76 bits per heavy atom. The van der Waals surface area contributed by atoms with Crippen LogP contribution in [0, 0.1) is 0 Å². The second kappa shape index (κ2) is 6.05. The molecule has 0 fully saturated rings. The van der Waals surface area contributed by atoms with Crippen molar-refractivity contribution in [1.29, 1.82) is 0 Å². The molecular weight excluding hydrogens is 224 g/mol. The number of hydrogen-bond donors (Lipinski definition) is 2. The Bertz CT molecular complexity index is 395. The molecule has 0 bridgehead atoms. The standard InChI is InChI=1S/C11H16N2O4/c1-16-9-6-13-10(17-2)5-7(9)8(12)3-4-11(14)15/h5-6,8H,3-4,12H2,1-2H3,(H,14,15). The molecule has 0 saturated carbocycles. The van der Waals surface area contributed by atoms with Gasteiger partial charge in [0.25, 0.3) is 0 Å². The molecule has 1 unspecified atom stereocenters. The molecule has 0 radical (unpaired) electrons. The van der Waals surface area contributed by atoms with Gasteiger partial charge in [-0.05, 0) is 6.42 Å². The van der Waals surface area contributed by atoms with Gasteiger partial charge in [-0.3, -0.25) is 4.79 Å². The van der Waals surface area contributed by atoms with E-state index >= 15 is 0 Å². The van der Waals surface area contributed by atoms with E-state index in [1.165, 1.54) is 20.4 Å². The topological polar surface area (TPSA) is 94.7 Å². The molecule has 94 valence electrons. The molecule has 6 nitrogen and oxygen atoms in total. The van der Waals surface area contributed by atoms with Crippen LogP contribution in [0.15, 0.2) is 12.3 Å². The van der Waals surface area contributed by atoms with Crippen molar-refractivity contribution in [3.8, 4) is 11.6 Å². The van der Waals surface area contributed by atoms with Crippen LogP contribution in [0.3, 0.4) is 0 Å². The van der Waals surface area contributed by atoms with Crippen LogP contribution in [-0.4, -0.2) is 30.3 Å². The molecule has 1 aromatic heterocycles. The first-order valence-corrected chi connectivity index (χ1v) is 5.13. The predicted molar refractivity (Wildman–Crippen MR) is 61.1 cm³/mol. The number of carbonyl (C=O) groups is 1. The smallest absolute Gasteiger partial charge is 0.303 e. The van der Waals surface area contributed by atoms with E-state index in [9.17, 15) is 4.79 Å². The number of nitrogens with zero attached hydrogens (tertiary/aromatic N) is 1. The maximum atomic E-state index is 10.5. The van der Waals surface area contributed by atoms with Crippen LogP contribution < -0.4 is 15.2 Å². The van der Waals surface area contributed by atoms with Gasteiger partial charge in [-0.25, -0.2) is 4.98 Å². The van der Waals surface area contributed by atoms with Gasteiger partial charge in [-0.2, -0.15) is 0 Å². The maximum absolute atomic E-state index is 10.5.